The molecule has 2 aromatic heterocycles. The van der Waals surface area contributed by atoms with E-state index in [0.29, 0.717) is 0 Å². The van der Waals surface area contributed by atoms with Gasteiger partial charge < -0.3 is 4.57 Å². The van der Waals surface area contributed by atoms with Crippen LogP contribution >= 0.6 is 11.8 Å². The summed E-state index contributed by atoms with van der Waals surface area (Å²) in [6.45, 7) is 0.997. The number of hydrogen-bond donors (Lipinski definition) is 0. The van der Waals surface area contributed by atoms with Crippen LogP contribution in [0.15, 0.2) is 12.4 Å². The molecule has 0 saturated carbocycles. The Morgan fingerprint density at radius 3 is 3.06 bits per heavy atom. The molecule has 0 amide bonds. The Bertz CT molecular complexity index is 501. The second-order valence-electron chi connectivity index (χ2n) is 3.86. The molecule has 0 fully saturated rings. The molecule has 3 rings (SSSR count). The van der Waals surface area contributed by atoms with E-state index in [4.69, 9.17) is 0 Å². The molecule has 6 heteroatoms. The van der Waals surface area contributed by atoms with Gasteiger partial charge in [0.05, 0.1) is 11.8 Å². The highest BCUT2D eigenvalue weighted by atomic mass is 32.2. The monoisotopic (exact) mass is 235 g/mol. The minimum atomic E-state index is 0.950. The van der Waals surface area contributed by atoms with Gasteiger partial charge >= 0.3 is 0 Å². The van der Waals surface area contributed by atoms with E-state index < -0.39 is 0 Å². The SMILES string of the molecule is Cn1cc(-c2nnc3n2CCSCC3)cn1. The largest absolute Gasteiger partial charge is 0.310 e. The summed E-state index contributed by atoms with van der Waals surface area (Å²) in [7, 11) is 1.92. The van der Waals surface area contributed by atoms with E-state index in [9.17, 15) is 0 Å². The molecule has 3 heterocycles. The fraction of sp³-hybridized carbons (Fsp3) is 0.500. The third kappa shape index (κ3) is 1.63. The number of aromatic nitrogens is 5. The summed E-state index contributed by atoms with van der Waals surface area (Å²) in [5.41, 5.74) is 1.05. The van der Waals surface area contributed by atoms with Gasteiger partial charge in [-0.05, 0) is 0 Å². The van der Waals surface area contributed by atoms with Gasteiger partial charge in [-0.2, -0.15) is 16.9 Å². The summed E-state index contributed by atoms with van der Waals surface area (Å²) in [5, 5.41) is 12.7. The molecule has 0 radical (unpaired) electrons. The van der Waals surface area contributed by atoms with Crippen LogP contribution in [0.25, 0.3) is 11.4 Å². The Hall–Kier alpha value is -1.30. The molecule has 1 aliphatic heterocycles. The van der Waals surface area contributed by atoms with Crippen molar-refractivity contribution in [3.05, 3.63) is 18.2 Å². The summed E-state index contributed by atoms with van der Waals surface area (Å²) in [4.78, 5) is 0. The summed E-state index contributed by atoms with van der Waals surface area (Å²) in [6, 6.07) is 0. The average Bonchev–Trinajstić information content (AvgIpc) is 2.79. The molecular weight excluding hydrogens is 222 g/mol. The van der Waals surface area contributed by atoms with Crippen LogP contribution in [0.3, 0.4) is 0 Å². The third-order valence-corrected chi connectivity index (χ3v) is 3.68. The fourth-order valence-electron chi connectivity index (χ4n) is 1.93. The van der Waals surface area contributed by atoms with Gasteiger partial charge in [-0.25, -0.2) is 0 Å². The maximum atomic E-state index is 4.27. The van der Waals surface area contributed by atoms with Gasteiger partial charge in [-0.15, -0.1) is 10.2 Å². The molecule has 0 atom stereocenters. The lowest BCUT2D eigenvalue weighted by molar-refractivity contribution is 0.731. The number of nitrogens with zero attached hydrogens (tertiary/aromatic N) is 5. The van der Waals surface area contributed by atoms with Crippen LogP contribution in [0, 0.1) is 0 Å². The molecular formula is C10H13N5S. The Labute approximate surface area is 97.9 Å². The van der Waals surface area contributed by atoms with Crippen LogP contribution in [0.4, 0.5) is 0 Å². The van der Waals surface area contributed by atoms with Crippen LogP contribution in [-0.2, 0) is 20.0 Å². The molecule has 0 spiro atoms. The van der Waals surface area contributed by atoms with Crippen molar-refractivity contribution < 1.29 is 0 Å². The zero-order valence-electron chi connectivity index (χ0n) is 9.13. The van der Waals surface area contributed by atoms with Crippen molar-refractivity contribution in [2.45, 2.75) is 13.0 Å². The summed E-state index contributed by atoms with van der Waals surface area (Å²) in [5.74, 6) is 4.33. The summed E-state index contributed by atoms with van der Waals surface area (Å²) < 4.78 is 4.01. The predicted octanol–water partition coefficient (Wildman–Crippen LogP) is 0.968. The van der Waals surface area contributed by atoms with E-state index in [2.05, 4.69) is 19.9 Å². The fourth-order valence-corrected chi connectivity index (χ4v) is 2.77. The standard InChI is InChI=1S/C10H13N5S/c1-14-7-8(6-11-14)10-13-12-9-2-4-16-5-3-15(9)10/h6-7H,2-5H2,1H3. The predicted molar refractivity (Wildman–Crippen MR) is 63.3 cm³/mol. The minimum absolute atomic E-state index is 0.950. The minimum Gasteiger partial charge on any atom is -0.310 e. The summed E-state index contributed by atoms with van der Waals surface area (Å²) >= 11 is 1.98. The van der Waals surface area contributed by atoms with Crippen LogP contribution in [-0.4, -0.2) is 36.1 Å². The zero-order chi connectivity index (χ0) is 11.0. The molecule has 5 nitrogen and oxygen atoms in total. The first kappa shape index (κ1) is 9.89. The topological polar surface area (TPSA) is 48.5 Å². The van der Waals surface area contributed by atoms with Crippen molar-refractivity contribution in [3.63, 3.8) is 0 Å². The van der Waals surface area contributed by atoms with E-state index in [0.717, 1.165) is 41.7 Å². The number of thioether (sulfide) groups is 1. The molecule has 0 aromatic carbocycles. The van der Waals surface area contributed by atoms with Gasteiger partial charge in [-0.1, -0.05) is 0 Å². The Morgan fingerprint density at radius 1 is 1.31 bits per heavy atom. The van der Waals surface area contributed by atoms with Crippen molar-refractivity contribution in [3.8, 4) is 11.4 Å². The Kier molecular flexibility index (Phi) is 2.43. The highest BCUT2D eigenvalue weighted by Crippen LogP contribution is 2.21. The molecule has 1 aliphatic rings. The molecule has 0 N–H and O–H groups in total. The molecule has 0 unspecified atom stereocenters. The second kappa shape index (κ2) is 3.93. The van der Waals surface area contributed by atoms with Gasteiger partial charge in [0.2, 0.25) is 0 Å². The summed E-state index contributed by atoms with van der Waals surface area (Å²) in [6.07, 6.45) is 4.84. The van der Waals surface area contributed by atoms with E-state index in [-0.39, 0.29) is 0 Å². The van der Waals surface area contributed by atoms with Crippen molar-refractivity contribution in [1.29, 1.82) is 0 Å². The van der Waals surface area contributed by atoms with E-state index >= 15 is 0 Å². The number of fused-ring (bicyclic) bond motifs is 1. The van der Waals surface area contributed by atoms with E-state index in [1.54, 1.807) is 4.68 Å². The van der Waals surface area contributed by atoms with Crippen LogP contribution in [0.5, 0.6) is 0 Å². The van der Waals surface area contributed by atoms with Crippen LogP contribution in [0.2, 0.25) is 0 Å². The van der Waals surface area contributed by atoms with Crippen molar-refractivity contribution in [2.24, 2.45) is 7.05 Å². The van der Waals surface area contributed by atoms with E-state index in [1.165, 1.54) is 0 Å². The highest BCUT2D eigenvalue weighted by molar-refractivity contribution is 7.99. The first-order valence-corrected chi connectivity index (χ1v) is 6.49. The quantitative estimate of drug-likeness (QED) is 0.739. The molecule has 2 aromatic rings. The van der Waals surface area contributed by atoms with Gasteiger partial charge in [0.15, 0.2) is 5.82 Å². The van der Waals surface area contributed by atoms with Gasteiger partial charge in [-0.3, -0.25) is 4.68 Å². The number of rotatable bonds is 1. The lowest BCUT2D eigenvalue weighted by atomic mass is 10.3. The lowest BCUT2D eigenvalue weighted by Crippen LogP contribution is -2.04. The molecule has 0 bridgehead atoms. The Balaban J connectivity index is 2.05. The van der Waals surface area contributed by atoms with Gasteiger partial charge in [0.25, 0.3) is 0 Å². The van der Waals surface area contributed by atoms with Crippen LogP contribution in [0.1, 0.15) is 5.82 Å². The maximum Gasteiger partial charge on any atom is 0.167 e. The first-order valence-electron chi connectivity index (χ1n) is 5.33. The van der Waals surface area contributed by atoms with Crippen molar-refractivity contribution >= 4 is 11.8 Å². The van der Waals surface area contributed by atoms with Crippen LogP contribution < -0.4 is 0 Å². The highest BCUT2D eigenvalue weighted by Gasteiger charge is 2.16. The first-order chi connectivity index (χ1) is 7.84. The zero-order valence-corrected chi connectivity index (χ0v) is 9.94. The average molecular weight is 235 g/mol. The maximum absolute atomic E-state index is 4.27. The van der Waals surface area contributed by atoms with E-state index in [1.807, 2.05) is 31.2 Å². The number of hydrogen-bond acceptors (Lipinski definition) is 4. The third-order valence-electron chi connectivity index (χ3n) is 2.72. The second-order valence-corrected chi connectivity index (χ2v) is 5.08. The van der Waals surface area contributed by atoms with Gasteiger partial charge in [0, 0.05) is 37.7 Å². The lowest BCUT2D eigenvalue weighted by Gasteiger charge is -2.03. The van der Waals surface area contributed by atoms with Crippen molar-refractivity contribution in [1.82, 2.24) is 24.5 Å². The molecule has 0 aliphatic carbocycles. The molecule has 16 heavy (non-hydrogen) atoms. The normalized spacial score (nSPS) is 15.8. The molecule has 0 saturated heterocycles. The molecule has 84 valence electrons. The number of aryl methyl sites for hydroxylation is 2. The Morgan fingerprint density at radius 2 is 2.25 bits per heavy atom. The van der Waals surface area contributed by atoms with Crippen molar-refractivity contribution in [2.75, 3.05) is 11.5 Å². The smallest absolute Gasteiger partial charge is 0.167 e. The van der Waals surface area contributed by atoms with Gasteiger partial charge in [0.1, 0.15) is 5.82 Å².